The maximum atomic E-state index is 11.7. The van der Waals surface area contributed by atoms with Crippen LogP contribution in [0.2, 0.25) is 5.28 Å². The lowest BCUT2D eigenvalue weighted by atomic mass is 10.2. The summed E-state index contributed by atoms with van der Waals surface area (Å²) in [4.78, 5) is 26.9. The zero-order valence-corrected chi connectivity index (χ0v) is 13.6. The zero-order chi connectivity index (χ0) is 16.3. The molecule has 0 saturated heterocycles. The van der Waals surface area contributed by atoms with Gasteiger partial charge in [0.05, 0.1) is 17.9 Å². The van der Waals surface area contributed by atoms with Gasteiger partial charge in [0.2, 0.25) is 5.28 Å². The number of aromatic amines is 1. The number of nitrogens with one attached hydrogen (secondary N) is 2. The van der Waals surface area contributed by atoms with Crippen LogP contribution in [-0.4, -0.2) is 31.6 Å². The maximum absolute atomic E-state index is 11.7. The van der Waals surface area contributed by atoms with Gasteiger partial charge in [-0.15, -0.1) is 0 Å². The number of carbonyl (C=O) groups excluding carboxylic acids is 1. The van der Waals surface area contributed by atoms with E-state index >= 15 is 0 Å². The molecule has 2 aromatic rings. The normalized spacial score (nSPS) is 12.8. The first kappa shape index (κ1) is 16.2. The van der Waals surface area contributed by atoms with Crippen molar-refractivity contribution in [2.45, 2.75) is 39.3 Å². The summed E-state index contributed by atoms with van der Waals surface area (Å²) in [6.45, 7) is 7.24. The third kappa shape index (κ3) is 4.42. The van der Waals surface area contributed by atoms with Gasteiger partial charge in [0, 0.05) is 18.0 Å². The molecule has 2 rings (SSSR count). The summed E-state index contributed by atoms with van der Waals surface area (Å²) >= 11 is 5.66. The number of halogens is 1. The molecule has 0 aliphatic rings. The van der Waals surface area contributed by atoms with Gasteiger partial charge in [-0.25, -0.2) is 19.7 Å². The van der Waals surface area contributed by atoms with E-state index in [-0.39, 0.29) is 11.3 Å². The molecule has 7 nitrogen and oxygen atoms in total. The predicted octanol–water partition coefficient (Wildman–Crippen LogP) is 3.11. The van der Waals surface area contributed by atoms with E-state index < -0.39 is 11.7 Å². The second-order valence-corrected chi connectivity index (χ2v) is 6.13. The third-order valence-corrected chi connectivity index (χ3v) is 2.87. The van der Waals surface area contributed by atoms with Crippen molar-refractivity contribution >= 4 is 17.7 Å². The molecule has 2 aromatic heterocycles. The van der Waals surface area contributed by atoms with Crippen molar-refractivity contribution in [1.29, 1.82) is 0 Å². The van der Waals surface area contributed by atoms with Crippen LogP contribution in [0.25, 0.3) is 11.3 Å². The van der Waals surface area contributed by atoms with Gasteiger partial charge < -0.3 is 15.0 Å². The van der Waals surface area contributed by atoms with Crippen molar-refractivity contribution < 1.29 is 9.53 Å². The number of ether oxygens (including phenoxy) is 1. The first-order valence-corrected chi connectivity index (χ1v) is 7.15. The molecule has 0 aromatic carbocycles. The summed E-state index contributed by atoms with van der Waals surface area (Å²) in [5.74, 6) is 0.607. The van der Waals surface area contributed by atoms with Gasteiger partial charge in [0.15, 0.2) is 0 Å². The van der Waals surface area contributed by atoms with Crippen molar-refractivity contribution in [3.05, 3.63) is 29.7 Å². The van der Waals surface area contributed by atoms with Crippen LogP contribution in [0.15, 0.2) is 18.6 Å². The van der Waals surface area contributed by atoms with E-state index in [1.807, 2.05) is 27.7 Å². The fourth-order valence-corrected chi connectivity index (χ4v) is 1.81. The first-order chi connectivity index (χ1) is 10.2. The summed E-state index contributed by atoms with van der Waals surface area (Å²) in [5.41, 5.74) is 0.954. The Bertz CT molecular complexity index is 648. The molecule has 0 aliphatic carbocycles. The minimum atomic E-state index is -0.543. The van der Waals surface area contributed by atoms with E-state index in [2.05, 4.69) is 25.3 Å². The van der Waals surface area contributed by atoms with Crippen LogP contribution >= 0.6 is 11.6 Å². The van der Waals surface area contributed by atoms with Crippen LogP contribution in [-0.2, 0) is 4.74 Å². The Kier molecular flexibility index (Phi) is 4.65. The zero-order valence-electron chi connectivity index (χ0n) is 12.8. The largest absolute Gasteiger partial charge is 0.444 e. The minimum absolute atomic E-state index is 0.184. The fourth-order valence-electron chi connectivity index (χ4n) is 1.71. The predicted molar refractivity (Wildman–Crippen MR) is 82.4 cm³/mol. The van der Waals surface area contributed by atoms with E-state index in [1.54, 1.807) is 18.6 Å². The van der Waals surface area contributed by atoms with Gasteiger partial charge in [0.25, 0.3) is 0 Å². The van der Waals surface area contributed by atoms with Gasteiger partial charge in [-0.1, -0.05) is 0 Å². The molecule has 118 valence electrons. The first-order valence-electron chi connectivity index (χ1n) is 6.77. The lowest BCUT2D eigenvalue weighted by Crippen LogP contribution is -2.34. The van der Waals surface area contributed by atoms with E-state index in [4.69, 9.17) is 16.3 Å². The summed E-state index contributed by atoms with van der Waals surface area (Å²) in [6, 6.07) is -0.322. The lowest BCUT2D eigenvalue weighted by molar-refractivity contribution is 0.0506. The average Bonchev–Trinajstić information content (AvgIpc) is 2.86. The van der Waals surface area contributed by atoms with Crippen LogP contribution in [0, 0.1) is 0 Å². The van der Waals surface area contributed by atoms with Crippen molar-refractivity contribution in [2.75, 3.05) is 0 Å². The van der Waals surface area contributed by atoms with Crippen LogP contribution < -0.4 is 5.32 Å². The smallest absolute Gasteiger partial charge is 0.408 e. The molecular weight excluding hydrogens is 306 g/mol. The fraction of sp³-hybridized carbons (Fsp3) is 0.429. The van der Waals surface area contributed by atoms with Gasteiger partial charge in [-0.2, -0.15) is 0 Å². The molecule has 0 bridgehead atoms. The summed E-state index contributed by atoms with van der Waals surface area (Å²) in [7, 11) is 0. The molecule has 0 fully saturated rings. The Balaban J connectivity index is 2.04. The quantitative estimate of drug-likeness (QED) is 0.847. The molecule has 0 radical (unpaired) electrons. The summed E-state index contributed by atoms with van der Waals surface area (Å²) < 4.78 is 5.21. The van der Waals surface area contributed by atoms with E-state index in [0.717, 1.165) is 11.3 Å². The van der Waals surface area contributed by atoms with Crippen molar-refractivity contribution in [3.8, 4) is 11.3 Å². The number of carbonyl (C=O) groups is 1. The van der Waals surface area contributed by atoms with Gasteiger partial charge in [-0.05, 0) is 39.3 Å². The Morgan fingerprint density at radius 2 is 1.91 bits per heavy atom. The highest BCUT2D eigenvalue weighted by Gasteiger charge is 2.19. The molecule has 1 amide bonds. The Hall–Kier alpha value is -2.15. The highest BCUT2D eigenvalue weighted by Crippen LogP contribution is 2.18. The number of amides is 1. The molecule has 0 aliphatic heterocycles. The van der Waals surface area contributed by atoms with Crippen LogP contribution in [0.4, 0.5) is 4.79 Å². The number of H-pyrrole nitrogens is 1. The van der Waals surface area contributed by atoms with Crippen LogP contribution in [0.1, 0.15) is 39.6 Å². The van der Waals surface area contributed by atoms with Gasteiger partial charge in [-0.3, -0.25) is 0 Å². The highest BCUT2D eigenvalue weighted by molar-refractivity contribution is 6.28. The lowest BCUT2D eigenvalue weighted by Gasteiger charge is -2.21. The Morgan fingerprint density at radius 3 is 2.50 bits per heavy atom. The second kappa shape index (κ2) is 6.31. The highest BCUT2D eigenvalue weighted by atomic mass is 35.5. The van der Waals surface area contributed by atoms with Crippen molar-refractivity contribution in [3.63, 3.8) is 0 Å². The molecule has 1 atom stereocenters. The molecule has 0 saturated carbocycles. The number of rotatable bonds is 3. The van der Waals surface area contributed by atoms with E-state index in [1.165, 1.54) is 0 Å². The molecule has 2 heterocycles. The summed E-state index contributed by atoms with van der Waals surface area (Å²) in [5, 5.41) is 2.90. The standard InChI is InChI=1S/C14H18ClN5O2/c1-8(19-13(21)22-14(2,3)4)11-16-7-10(20-11)9-5-17-12(15)18-6-9/h5-8H,1-4H3,(H,16,20)(H,19,21)/t8-/m0/s1. The molecule has 2 N–H and O–H groups in total. The SMILES string of the molecule is C[C@H](NC(=O)OC(C)(C)C)c1ncc(-c2cnc(Cl)nc2)[nH]1. The average molecular weight is 324 g/mol. The molecule has 22 heavy (non-hydrogen) atoms. The number of aromatic nitrogens is 4. The van der Waals surface area contributed by atoms with E-state index in [9.17, 15) is 4.79 Å². The molecule has 8 heteroatoms. The minimum Gasteiger partial charge on any atom is -0.444 e. The Morgan fingerprint density at radius 1 is 1.27 bits per heavy atom. The molecular formula is C14H18ClN5O2. The monoisotopic (exact) mass is 323 g/mol. The molecule has 0 spiro atoms. The van der Waals surface area contributed by atoms with Crippen molar-refractivity contribution in [1.82, 2.24) is 25.3 Å². The van der Waals surface area contributed by atoms with Crippen LogP contribution in [0.3, 0.4) is 0 Å². The van der Waals surface area contributed by atoms with Crippen LogP contribution in [0.5, 0.6) is 0 Å². The third-order valence-electron chi connectivity index (χ3n) is 2.67. The second-order valence-electron chi connectivity index (χ2n) is 5.79. The number of imidazole rings is 1. The van der Waals surface area contributed by atoms with Gasteiger partial charge >= 0.3 is 6.09 Å². The summed E-state index contributed by atoms with van der Waals surface area (Å²) in [6.07, 6.45) is 4.35. The van der Waals surface area contributed by atoms with E-state index in [0.29, 0.717) is 5.82 Å². The number of nitrogens with zero attached hydrogens (tertiary/aromatic N) is 3. The van der Waals surface area contributed by atoms with Gasteiger partial charge in [0.1, 0.15) is 11.4 Å². The number of hydrogen-bond donors (Lipinski definition) is 2. The number of hydrogen-bond acceptors (Lipinski definition) is 5. The molecule has 0 unspecified atom stereocenters. The maximum Gasteiger partial charge on any atom is 0.408 e. The topological polar surface area (TPSA) is 92.8 Å². The number of alkyl carbamates (subject to hydrolysis) is 1. The van der Waals surface area contributed by atoms with Crippen molar-refractivity contribution in [2.24, 2.45) is 0 Å². The Labute approximate surface area is 133 Å².